The molecule has 0 bridgehead atoms. The zero-order valence-corrected chi connectivity index (χ0v) is 15.5. The molecule has 1 N–H and O–H groups in total. The normalized spacial score (nSPS) is 15.9. The molecule has 1 aromatic heterocycles. The van der Waals surface area contributed by atoms with Crippen LogP contribution in [0.1, 0.15) is 62.2 Å². The highest BCUT2D eigenvalue weighted by molar-refractivity contribution is 6.09. The van der Waals surface area contributed by atoms with Crippen LogP contribution in [0.25, 0.3) is 10.9 Å². The molecule has 136 valence electrons. The van der Waals surface area contributed by atoms with Crippen molar-refractivity contribution < 1.29 is 9.53 Å². The third kappa shape index (κ3) is 4.00. The van der Waals surface area contributed by atoms with Gasteiger partial charge in [0.15, 0.2) is 0 Å². The van der Waals surface area contributed by atoms with Crippen LogP contribution in [0.5, 0.6) is 5.75 Å². The molecule has 25 heavy (non-hydrogen) atoms. The molecule has 0 spiro atoms. The van der Waals surface area contributed by atoms with Crippen LogP contribution >= 0.6 is 0 Å². The minimum absolute atomic E-state index is 0.0219. The average molecular weight is 342 g/mol. The van der Waals surface area contributed by atoms with E-state index in [-0.39, 0.29) is 5.91 Å². The lowest BCUT2D eigenvalue weighted by molar-refractivity contribution is 0.0947. The van der Waals surface area contributed by atoms with Gasteiger partial charge < -0.3 is 14.6 Å². The number of hydrogen-bond acceptors (Lipinski definition) is 2. The van der Waals surface area contributed by atoms with Gasteiger partial charge in [-0.05, 0) is 37.3 Å². The Morgan fingerprint density at radius 2 is 2.00 bits per heavy atom. The third-order valence-corrected chi connectivity index (χ3v) is 5.32. The van der Waals surface area contributed by atoms with E-state index in [4.69, 9.17) is 4.74 Å². The highest BCUT2D eigenvalue weighted by Crippen LogP contribution is 2.31. The maximum atomic E-state index is 12.9. The van der Waals surface area contributed by atoms with Crippen molar-refractivity contribution in [2.75, 3.05) is 13.7 Å². The van der Waals surface area contributed by atoms with Gasteiger partial charge in [0.25, 0.3) is 5.91 Å². The molecule has 1 saturated carbocycles. The van der Waals surface area contributed by atoms with Crippen molar-refractivity contribution in [3.63, 3.8) is 0 Å². The largest absolute Gasteiger partial charge is 0.496 e. The highest BCUT2D eigenvalue weighted by Gasteiger charge is 2.20. The van der Waals surface area contributed by atoms with Crippen LogP contribution in [0.2, 0.25) is 0 Å². The second kappa shape index (κ2) is 8.41. The lowest BCUT2D eigenvalue weighted by Crippen LogP contribution is -2.29. The molecule has 0 unspecified atom stereocenters. The van der Waals surface area contributed by atoms with Gasteiger partial charge in [-0.15, -0.1) is 0 Å². The van der Waals surface area contributed by atoms with E-state index in [2.05, 4.69) is 22.9 Å². The zero-order valence-electron chi connectivity index (χ0n) is 15.5. The average Bonchev–Trinajstić information content (AvgIpc) is 2.82. The number of nitrogens with zero attached hydrogens (tertiary/aromatic N) is 1. The maximum Gasteiger partial charge on any atom is 0.253 e. The quantitative estimate of drug-likeness (QED) is 0.769. The first kappa shape index (κ1) is 17.8. The Bertz CT molecular complexity index is 712. The Morgan fingerprint density at radius 1 is 1.24 bits per heavy atom. The molecular formula is C21H30N2O2. The molecule has 2 aromatic rings. The number of aromatic nitrogens is 1. The Hall–Kier alpha value is -1.97. The molecule has 3 rings (SSSR count). The summed E-state index contributed by atoms with van der Waals surface area (Å²) < 4.78 is 7.69. The van der Waals surface area contributed by atoms with Gasteiger partial charge in [0.1, 0.15) is 5.75 Å². The molecule has 1 amide bonds. The summed E-state index contributed by atoms with van der Waals surface area (Å²) in [4.78, 5) is 12.9. The fraction of sp³-hybridized carbons (Fsp3) is 0.571. The molecule has 0 aliphatic heterocycles. The van der Waals surface area contributed by atoms with Crippen LogP contribution < -0.4 is 10.1 Å². The summed E-state index contributed by atoms with van der Waals surface area (Å²) in [5, 5.41) is 4.12. The lowest BCUT2D eigenvalue weighted by atomic mass is 10.0. The molecule has 1 aromatic carbocycles. The van der Waals surface area contributed by atoms with E-state index >= 15 is 0 Å². The van der Waals surface area contributed by atoms with E-state index in [1.807, 2.05) is 18.3 Å². The fourth-order valence-corrected chi connectivity index (χ4v) is 3.99. The van der Waals surface area contributed by atoms with Gasteiger partial charge in [-0.25, -0.2) is 0 Å². The topological polar surface area (TPSA) is 43.3 Å². The van der Waals surface area contributed by atoms with Gasteiger partial charge in [-0.2, -0.15) is 0 Å². The SMILES string of the molecule is CCCn1cc(C(=O)NCC2CCCCCC2)c2c(OC)cccc21. The zero-order chi connectivity index (χ0) is 17.6. The first-order valence-electron chi connectivity index (χ1n) is 9.68. The lowest BCUT2D eigenvalue weighted by Gasteiger charge is -2.14. The predicted octanol–water partition coefficient (Wildman–Crippen LogP) is 4.76. The molecule has 0 radical (unpaired) electrons. The van der Waals surface area contributed by atoms with E-state index in [9.17, 15) is 4.79 Å². The van der Waals surface area contributed by atoms with Crippen LogP contribution in [0.15, 0.2) is 24.4 Å². The Labute approximate surface area is 150 Å². The number of fused-ring (bicyclic) bond motifs is 1. The fourth-order valence-electron chi connectivity index (χ4n) is 3.99. The van der Waals surface area contributed by atoms with Crippen molar-refractivity contribution in [2.24, 2.45) is 5.92 Å². The van der Waals surface area contributed by atoms with Crippen LogP contribution in [0.4, 0.5) is 0 Å². The number of ether oxygens (including phenoxy) is 1. The number of carbonyl (C=O) groups is 1. The Morgan fingerprint density at radius 3 is 2.68 bits per heavy atom. The molecule has 1 aliphatic carbocycles. The van der Waals surface area contributed by atoms with Gasteiger partial charge in [-0.1, -0.05) is 38.7 Å². The first-order valence-corrected chi connectivity index (χ1v) is 9.68. The van der Waals surface area contributed by atoms with Crippen LogP contribution in [-0.4, -0.2) is 24.1 Å². The smallest absolute Gasteiger partial charge is 0.253 e. The van der Waals surface area contributed by atoms with Crippen molar-refractivity contribution in [1.29, 1.82) is 0 Å². The number of rotatable bonds is 6. The van der Waals surface area contributed by atoms with Gasteiger partial charge in [0, 0.05) is 19.3 Å². The highest BCUT2D eigenvalue weighted by atomic mass is 16.5. The third-order valence-electron chi connectivity index (χ3n) is 5.32. The predicted molar refractivity (Wildman–Crippen MR) is 102 cm³/mol. The van der Waals surface area contributed by atoms with Gasteiger partial charge in [0.2, 0.25) is 0 Å². The summed E-state index contributed by atoms with van der Waals surface area (Å²) in [5.41, 5.74) is 1.80. The molecule has 0 saturated heterocycles. The maximum absolute atomic E-state index is 12.9. The number of carbonyl (C=O) groups excluding carboxylic acids is 1. The molecular weight excluding hydrogens is 312 g/mol. The molecule has 1 fully saturated rings. The van der Waals surface area contributed by atoms with Crippen LogP contribution in [0.3, 0.4) is 0 Å². The number of methoxy groups -OCH3 is 1. The molecule has 4 heteroatoms. The summed E-state index contributed by atoms with van der Waals surface area (Å²) in [6, 6.07) is 5.98. The first-order chi connectivity index (χ1) is 12.2. The molecule has 0 atom stereocenters. The second-order valence-electron chi connectivity index (χ2n) is 7.16. The molecule has 1 aliphatic rings. The summed E-state index contributed by atoms with van der Waals surface area (Å²) >= 11 is 0. The van der Waals surface area contributed by atoms with Crippen LogP contribution in [0, 0.1) is 5.92 Å². The summed E-state index contributed by atoms with van der Waals surface area (Å²) in [6.45, 7) is 3.84. The molecule has 4 nitrogen and oxygen atoms in total. The minimum Gasteiger partial charge on any atom is -0.496 e. The van der Waals surface area contributed by atoms with Crippen molar-refractivity contribution >= 4 is 16.8 Å². The van der Waals surface area contributed by atoms with Crippen molar-refractivity contribution in [3.05, 3.63) is 30.0 Å². The van der Waals surface area contributed by atoms with E-state index in [1.165, 1.54) is 38.5 Å². The summed E-state index contributed by atoms with van der Waals surface area (Å²) in [7, 11) is 1.67. The number of hydrogen-bond donors (Lipinski definition) is 1. The van der Waals surface area contributed by atoms with E-state index < -0.39 is 0 Å². The molecule has 1 heterocycles. The monoisotopic (exact) mass is 342 g/mol. The number of nitrogens with one attached hydrogen (secondary N) is 1. The van der Waals surface area contributed by atoms with E-state index in [0.29, 0.717) is 5.92 Å². The number of benzene rings is 1. The van der Waals surface area contributed by atoms with Gasteiger partial charge in [-0.3, -0.25) is 4.79 Å². The Kier molecular flexibility index (Phi) is 6.00. The van der Waals surface area contributed by atoms with Crippen molar-refractivity contribution in [2.45, 2.75) is 58.4 Å². The number of amides is 1. The van der Waals surface area contributed by atoms with Crippen molar-refractivity contribution in [3.8, 4) is 5.75 Å². The van der Waals surface area contributed by atoms with Crippen LogP contribution in [-0.2, 0) is 6.54 Å². The summed E-state index contributed by atoms with van der Waals surface area (Å²) in [5.74, 6) is 1.41. The van der Waals surface area contributed by atoms with E-state index in [0.717, 1.165) is 41.7 Å². The summed E-state index contributed by atoms with van der Waals surface area (Å²) in [6.07, 6.45) is 10.8. The standard InChI is InChI=1S/C21H30N2O2/c1-3-13-23-15-17(20-18(23)11-8-12-19(20)25-2)21(24)22-14-16-9-6-4-5-7-10-16/h8,11-12,15-16H,3-7,9-10,13-14H2,1-2H3,(H,22,24). The second-order valence-corrected chi connectivity index (χ2v) is 7.16. The van der Waals surface area contributed by atoms with Gasteiger partial charge >= 0.3 is 0 Å². The van der Waals surface area contributed by atoms with Gasteiger partial charge in [0.05, 0.1) is 23.6 Å². The Balaban J connectivity index is 1.82. The van der Waals surface area contributed by atoms with E-state index in [1.54, 1.807) is 7.11 Å². The minimum atomic E-state index is 0.0219. The number of aryl methyl sites for hydroxylation is 1. The van der Waals surface area contributed by atoms with Crippen molar-refractivity contribution in [1.82, 2.24) is 9.88 Å².